The fourth-order valence-corrected chi connectivity index (χ4v) is 1.53. The maximum Gasteiger partial charge on any atom is 0.181 e. The summed E-state index contributed by atoms with van der Waals surface area (Å²) >= 11 is 0. The number of hydrogen-bond donors (Lipinski definition) is 1. The summed E-state index contributed by atoms with van der Waals surface area (Å²) in [4.78, 5) is 0. The molecule has 0 saturated heterocycles. The largest absolute Gasteiger partial charge is 0.364 e. The summed E-state index contributed by atoms with van der Waals surface area (Å²) in [5, 5.41) is 9.70. The zero-order chi connectivity index (χ0) is 13.0. The van der Waals surface area contributed by atoms with Crippen molar-refractivity contribution in [1.82, 2.24) is 0 Å². The van der Waals surface area contributed by atoms with Crippen molar-refractivity contribution in [3.05, 3.63) is 71.3 Å². The molecule has 0 bridgehead atoms. The van der Waals surface area contributed by atoms with Crippen LogP contribution in [0.2, 0.25) is 0 Å². The average Bonchev–Trinajstić information content (AvgIpc) is 2.37. The van der Waals surface area contributed by atoms with Crippen LogP contribution in [0.5, 0.6) is 0 Å². The van der Waals surface area contributed by atoms with Gasteiger partial charge in [0.15, 0.2) is 6.29 Å². The van der Waals surface area contributed by atoms with Crippen LogP contribution < -0.4 is 0 Å². The summed E-state index contributed by atoms with van der Waals surface area (Å²) in [5.74, 6) is -0.733. The number of rotatable bonds is 4. The van der Waals surface area contributed by atoms with Gasteiger partial charge in [0, 0.05) is 5.56 Å². The van der Waals surface area contributed by atoms with E-state index in [0.29, 0.717) is 11.1 Å². The van der Waals surface area contributed by atoms with Crippen molar-refractivity contribution in [2.24, 2.45) is 0 Å². The van der Waals surface area contributed by atoms with Crippen molar-refractivity contribution in [2.45, 2.75) is 12.9 Å². The fraction of sp³-hybridized carbons (Fsp3) is 0.143. The van der Waals surface area contributed by atoms with Crippen molar-refractivity contribution in [3.8, 4) is 0 Å². The smallest absolute Gasteiger partial charge is 0.181 e. The predicted molar refractivity (Wildman–Crippen MR) is 62.5 cm³/mol. The highest BCUT2D eigenvalue weighted by atomic mass is 19.1. The van der Waals surface area contributed by atoms with E-state index in [1.54, 1.807) is 12.1 Å². The number of benzene rings is 2. The third-order valence-electron chi connectivity index (χ3n) is 2.45. The van der Waals surface area contributed by atoms with Gasteiger partial charge < -0.3 is 9.84 Å². The zero-order valence-electron chi connectivity index (χ0n) is 9.51. The minimum atomic E-state index is -1.16. The standard InChI is InChI=1S/C14H12F2O2/c15-12-6-4-11(5-7-12)14(17)18-9-10-2-1-3-13(16)8-10/h1-8,14,17H,9H2. The Labute approximate surface area is 103 Å². The van der Waals surface area contributed by atoms with Gasteiger partial charge in [-0.25, -0.2) is 8.78 Å². The molecule has 2 aromatic rings. The lowest BCUT2D eigenvalue weighted by Gasteiger charge is -2.12. The Kier molecular flexibility index (Phi) is 4.02. The number of aliphatic hydroxyl groups is 1. The Hall–Kier alpha value is -1.78. The van der Waals surface area contributed by atoms with Crippen LogP contribution in [0.25, 0.3) is 0 Å². The molecule has 0 radical (unpaired) electrons. The first kappa shape index (κ1) is 12.7. The first-order valence-corrected chi connectivity index (χ1v) is 5.45. The zero-order valence-corrected chi connectivity index (χ0v) is 9.51. The lowest BCUT2D eigenvalue weighted by Crippen LogP contribution is -2.03. The van der Waals surface area contributed by atoms with Crippen LogP contribution in [0.3, 0.4) is 0 Å². The fourth-order valence-electron chi connectivity index (χ4n) is 1.53. The van der Waals surface area contributed by atoms with Crippen LogP contribution in [0.15, 0.2) is 48.5 Å². The first-order valence-electron chi connectivity index (χ1n) is 5.45. The molecule has 1 atom stereocenters. The first-order chi connectivity index (χ1) is 8.65. The van der Waals surface area contributed by atoms with Crippen LogP contribution >= 0.6 is 0 Å². The van der Waals surface area contributed by atoms with Gasteiger partial charge in [0.2, 0.25) is 0 Å². The summed E-state index contributed by atoms with van der Waals surface area (Å²) < 4.78 is 30.8. The van der Waals surface area contributed by atoms with Crippen LogP contribution in [0.1, 0.15) is 17.4 Å². The molecule has 4 heteroatoms. The monoisotopic (exact) mass is 250 g/mol. The van der Waals surface area contributed by atoms with Gasteiger partial charge in [-0.3, -0.25) is 0 Å². The van der Waals surface area contributed by atoms with E-state index in [1.807, 2.05) is 0 Å². The van der Waals surface area contributed by atoms with E-state index in [-0.39, 0.29) is 18.2 Å². The molecular weight excluding hydrogens is 238 g/mol. The van der Waals surface area contributed by atoms with Crippen molar-refractivity contribution >= 4 is 0 Å². The third kappa shape index (κ3) is 3.35. The van der Waals surface area contributed by atoms with Gasteiger partial charge in [-0.1, -0.05) is 24.3 Å². The van der Waals surface area contributed by atoms with E-state index in [1.165, 1.54) is 36.4 Å². The lowest BCUT2D eigenvalue weighted by molar-refractivity contribution is -0.112. The molecule has 2 aromatic carbocycles. The molecule has 2 nitrogen and oxygen atoms in total. The Morgan fingerprint density at radius 1 is 1.00 bits per heavy atom. The molecule has 0 aromatic heterocycles. The third-order valence-corrected chi connectivity index (χ3v) is 2.45. The van der Waals surface area contributed by atoms with Crippen LogP contribution in [-0.2, 0) is 11.3 Å². The number of hydrogen-bond acceptors (Lipinski definition) is 2. The molecule has 1 unspecified atom stereocenters. The van der Waals surface area contributed by atoms with Crippen LogP contribution in [0.4, 0.5) is 8.78 Å². The van der Waals surface area contributed by atoms with E-state index in [0.717, 1.165) is 0 Å². The molecule has 0 heterocycles. The van der Waals surface area contributed by atoms with E-state index in [4.69, 9.17) is 4.74 Å². The molecule has 0 fully saturated rings. The molecular formula is C14H12F2O2. The van der Waals surface area contributed by atoms with E-state index in [9.17, 15) is 13.9 Å². The molecule has 0 spiro atoms. The van der Waals surface area contributed by atoms with Crippen molar-refractivity contribution in [1.29, 1.82) is 0 Å². The highest BCUT2D eigenvalue weighted by Gasteiger charge is 2.08. The molecule has 0 saturated carbocycles. The van der Waals surface area contributed by atoms with Gasteiger partial charge in [0.25, 0.3) is 0 Å². The van der Waals surface area contributed by atoms with Crippen molar-refractivity contribution < 1.29 is 18.6 Å². The molecule has 2 rings (SSSR count). The SMILES string of the molecule is OC(OCc1cccc(F)c1)c1ccc(F)cc1. The van der Waals surface area contributed by atoms with Crippen LogP contribution in [-0.4, -0.2) is 5.11 Å². The average molecular weight is 250 g/mol. The number of ether oxygens (including phenoxy) is 1. The molecule has 18 heavy (non-hydrogen) atoms. The highest BCUT2D eigenvalue weighted by Crippen LogP contribution is 2.17. The van der Waals surface area contributed by atoms with Gasteiger partial charge in [-0.2, -0.15) is 0 Å². The van der Waals surface area contributed by atoms with Gasteiger partial charge in [-0.15, -0.1) is 0 Å². The molecule has 0 aliphatic carbocycles. The van der Waals surface area contributed by atoms with E-state index in [2.05, 4.69) is 0 Å². The number of aliphatic hydroxyl groups excluding tert-OH is 1. The summed E-state index contributed by atoms with van der Waals surface area (Å²) in [6, 6.07) is 11.3. The van der Waals surface area contributed by atoms with Gasteiger partial charge >= 0.3 is 0 Å². The van der Waals surface area contributed by atoms with Gasteiger partial charge in [0.1, 0.15) is 11.6 Å². The van der Waals surface area contributed by atoms with Gasteiger partial charge in [0.05, 0.1) is 6.61 Å². The summed E-state index contributed by atoms with van der Waals surface area (Å²) in [6.07, 6.45) is -1.16. The Morgan fingerprint density at radius 2 is 1.72 bits per heavy atom. The van der Waals surface area contributed by atoms with E-state index < -0.39 is 6.29 Å². The van der Waals surface area contributed by atoms with Crippen LogP contribution in [0, 0.1) is 11.6 Å². The highest BCUT2D eigenvalue weighted by molar-refractivity contribution is 5.18. The summed E-state index contributed by atoms with van der Waals surface area (Å²) in [6.45, 7) is 0.0797. The van der Waals surface area contributed by atoms with E-state index >= 15 is 0 Å². The quantitative estimate of drug-likeness (QED) is 0.844. The Balaban J connectivity index is 1.96. The minimum absolute atomic E-state index is 0.0797. The van der Waals surface area contributed by atoms with Crippen molar-refractivity contribution in [2.75, 3.05) is 0 Å². The summed E-state index contributed by atoms with van der Waals surface area (Å²) in [5.41, 5.74) is 1.07. The molecule has 0 aliphatic rings. The minimum Gasteiger partial charge on any atom is -0.364 e. The number of halogens is 2. The maximum absolute atomic E-state index is 12.9. The van der Waals surface area contributed by atoms with Crippen molar-refractivity contribution in [3.63, 3.8) is 0 Å². The normalized spacial score (nSPS) is 12.4. The molecule has 0 amide bonds. The molecule has 1 N–H and O–H groups in total. The lowest BCUT2D eigenvalue weighted by atomic mass is 10.2. The topological polar surface area (TPSA) is 29.5 Å². The Bertz CT molecular complexity index is 511. The predicted octanol–water partition coefficient (Wildman–Crippen LogP) is 3.17. The second-order valence-electron chi connectivity index (χ2n) is 3.84. The molecule has 94 valence electrons. The second-order valence-corrected chi connectivity index (χ2v) is 3.84. The molecule has 0 aliphatic heterocycles. The summed E-state index contributed by atoms with van der Waals surface area (Å²) in [7, 11) is 0. The maximum atomic E-state index is 12.9. The Morgan fingerprint density at radius 3 is 2.39 bits per heavy atom. The van der Waals surface area contributed by atoms with Gasteiger partial charge in [-0.05, 0) is 29.8 Å². The second kappa shape index (κ2) is 5.71.